The topological polar surface area (TPSA) is 61.7 Å². The lowest BCUT2D eigenvalue weighted by Gasteiger charge is -2.17. The van der Waals surface area contributed by atoms with Crippen LogP contribution in [0.2, 0.25) is 0 Å². The predicted octanol–water partition coefficient (Wildman–Crippen LogP) is 1.14. The van der Waals surface area contributed by atoms with Gasteiger partial charge in [-0.1, -0.05) is 6.07 Å². The van der Waals surface area contributed by atoms with Crippen molar-refractivity contribution in [1.29, 1.82) is 0 Å². The molecule has 0 aromatic carbocycles. The van der Waals surface area contributed by atoms with Crippen molar-refractivity contribution in [3.05, 3.63) is 22.4 Å². The summed E-state index contributed by atoms with van der Waals surface area (Å²) in [6.07, 6.45) is -7.99. The minimum absolute atomic E-state index is 0.0208. The van der Waals surface area contributed by atoms with Crippen LogP contribution in [0.5, 0.6) is 0 Å². The van der Waals surface area contributed by atoms with Gasteiger partial charge < -0.3 is 20.3 Å². The first-order valence-electron chi connectivity index (χ1n) is 5.63. The largest absolute Gasteiger partial charge is 0.415 e. The average Bonchev–Trinajstić information content (AvgIpc) is 2.80. The van der Waals surface area contributed by atoms with E-state index in [1.54, 1.807) is 0 Å². The molecule has 2 unspecified atom stereocenters. The molecule has 0 saturated carbocycles. The lowest BCUT2D eigenvalue weighted by molar-refractivity contribution is -0.202. The molecule has 0 radical (unpaired) electrons. The van der Waals surface area contributed by atoms with Crippen LogP contribution in [0.4, 0.5) is 13.2 Å². The van der Waals surface area contributed by atoms with Crippen LogP contribution in [0.25, 0.3) is 0 Å². The van der Waals surface area contributed by atoms with Gasteiger partial charge in [-0.05, 0) is 11.4 Å². The quantitative estimate of drug-likeness (QED) is 0.673. The molecule has 1 rings (SSSR count). The first-order chi connectivity index (χ1) is 8.89. The molecule has 110 valence electrons. The smallest absolute Gasteiger partial charge is 0.389 e. The van der Waals surface area contributed by atoms with Gasteiger partial charge in [-0.2, -0.15) is 13.2 Å². The summed E-state index contributed by atoms with van der Waals surface area (Å²) in [6, 6.07) is 3.76. The third-order valence-electron chi connectivity index (χ3n) is 2.23. The second-order valence-corrected chi connectivity index (χ2v) is 5.00. The van der Waals surface area contributed by atoms with Crippen LogP contribution in [-0.2, 0) is 11.3 Å². The van der Waals surface area contributed by atoms with Crippen LogP contribution < -0.4 is 5.32 Å². The molecule has 1 aromatic heterocycles. The normalized spacial score (nSPS) is 15.4. The van der Waals surface area contributed by atoms with E-state index in [9.17, 15) is 18.3 Å². The summed E-state index contributed by atoms with van der Waals surface area (Å²) < 4.78 is 41.1. The first kappa shape index (κ1) is 16.4. The Morgan fingerprint density at radius 1 is 1.32 bits per heavy atom. The Balaban J connectivity index is 2.06. The molecule has 0 bridgehead atoms. The molecule has 1 aromatic rings. The Bertz CT molecular complexity index is 345. The Hall–Kier alpha value is -0.670. The van der Waals surface area contributed by atoms with Crippen molar-refractivity contribution in [3.8, 4) is 0 Å². The summed E-state index contributed by atoms with van der Waals surface area (Å²) >= 11 is 1.52. The fraction of sp³-hybridized carbons (Fsp3) is 0.636. The average molecular weight is 299 g/mol. The molecule has 2 atom stereocenters. The highest BCUT2D eigenvalue weighted by Gasteiger charge is 2.37. The van der Waals surface area contributed by atoms with Crippen molar-refractivity contribution in [2.45, 2.75) is 25.0 Å². The van der Waals surface area contributed by atoms with E-state index in [1.165, 1.54) is 11.3 Å². The van der Waals surface area contributed by atoms with Crippen LogP contribution in [0.1, 0.15) is 4.88 Å². The van der Waals surface area contributed by atoms with E-state index in [0.29, 0.717) is 6.61 Å². The summed E-state index contributed by atoms with van der Waals surface area (Å²) in [5.41, 5.74) is 0. The third kappa shape index (κ3) is 6.88. The van der Waals surface area contributed by atoms with E-state index >= 15 is 0 Å². The number of alkyl halides is 3. The maximum absolute atomic E-state index is 12.0. The van der Waals surface area contributed by atoms with Gasteiger partial charge in [-0.3, -0.25) is 0 Å². The zero-order chi connectivity index (χ0) is 14.3. The molecule has 0 aliphatic rings. The monoisotopic (exact) mass is 299 g/mol. The molecule has 3 N–H and O–H groups in total. The molecule has 4 nitrogen and oxygen atoms in total. The molecular formula is C11H16F3NO3S. The molecule has 0 aliphatic carbocycles. The van der Waals surface area contributed by atoms with Crippen molar-refractivity contribution < 1.29 is 28.1 Å². The van der Waals surface area contributed by atoms with Crippen molar-refractivity contribution in [3.63, 3.8) is 0 Å². The molecule has 0 fully saturated rings. The van der Waals surface area contributed by atoms with Crippen LogP contribution in [0.3, 0.4) is 0 Å². The van der Waals surface area contributed by atoms with Gasteiger partial charge in [0.1, 0.15) is 0 Å². The van der Waals surface area contributed by atoms with Crippen LogP contribution in [0.15, 0.2) is 17.5 Å². The molecule has 0 spiro atoms. The molecule has 0 amide bonds. The number of rotatable bonds is 8. The Morgan fingerprint density at radius 2 is 2.05 bits per heavy atom. The van der Waals surface area contributed by atoms with E-state index in [-0.39, 0.29) is 13.2 Å². The summed E-state index contributed by atoms with van der Waals surface area (Å²) in [6.45, 7) is -0.337. The van der Waals surface area contributed by atoms with Crippen LogP contribution >= 0.6 is 11.3 Å². The minimum Gasteiger partial charge on any atom is -0.389 e. The van der Waals surface area contributed by atoms with E-state index in [4.69, 9.17) is 9.84 Å². The summed E-state index contributed by atoms with van der Waals surface area (Å²) in [4.78, 5) is 1.01. The van der Waals surface area contributed by atoms with Crippen LogP contribution in [-0.4, -0.2) is 48.3 Å². The van der Waals surface area contributed by atoms with Gasteiger partial charge in [-0.15, -0.1) is 11.3 Å². The van der Waals surface area contributed by atoms with Gasteiger partial charge in [0.15, 0.2) is 6.10 Å². The molecule has 8 heteroatoms. The van der Waals surface area contributed by atoms with Crippen LogP contribution in [0, 0.1) is 0 Å². The number of ether oxygens (including phenoxy) is 1. The third-order valence-corrected chi connectivity index (χ3v) is 3.08. The SMILES string of the molecule is OC(CNCC(O)C(F)(F)F)COCc1cccs1. The van der Waals surface area contributed by atoms with E-state index in [1.807, 2.05) is 17.5 Å². The summed E-state index contributed by atoms with van der Waals surface area (Å²) in [7, 11) is 0. The van der Waals surface area contributed by atoms with Crippen molar-refractivity contribution in [2.75, 3.05) is 19.7 Å². The molecule has 0 saturated heterocycles. The fourth-order valence-electron chi connectivity index (χ4n) is 1.25. The number of halogens is 3. The Labute approximate surface area is 112 Å². The standard InChI is InChI=1S/C11H16F3NO3S/c12-11(13,14)10(17)5-15-4-8(16)6-18-7-9-2-1-3-19-9/h1-3,8,10,15-17H,4-7H2. The second-order valence-electron chi connectivity index (χ2n) is 3.96. The van der Waals surface area contributed by atoms with Gasteiger partial charge in [0.2, 0.25) is 0 Å². The highest BCUT2D eigenvalue weighted by Crippen LogP contribution is 2.19. The van der Waals surface area contributed by atoms with Gasteiger partial charge >= 0.3 is 6.18 Å². The van der Waals surface area contributed by atoms with Crippen molar-refractivity contribution in [1.82, 2.24) is 5.32 Å². The van der Waals surface area contributed by atoms with E-state index in [0.717, 1.165) is 4.88 Å². The molecule has 0 aliphatic heterocycles. The number of hydrogen-bond donors (Lipinski definition) is 3. The minimum atomic E-state index is -4.65. The zero-order valence-corrected chi connectivity index (χ0v) is 10.9. The molecule has 1 heterocycles. The summed E-state index contributed by atoms with van der Waals surface area (Å²) in [5.74, 6) is 0. The van der Waals surface area contributed by atoms with Gasteiger partial charge in [-0.25, -0.2) is 0 Å². The maximum atomic E-state index is 12.0. The Morgan fingerprint density at radius 3 is 2.63 bits per heavy atom. The molecular weight excluding hydrogens is 283 g/mol. The fourth-order valence-corrected chi connectivity index (χ4v) is 1.89. The highest BCUT2D eigenvalue weighted by atomic mass is 32.1. The first-order valence-corrected chi connectivity index (χ1v) is 6.51. The zero-order valence-electron chi connectivity index (χ0n) is 10.1. The van der Waals surface area contributed by atoms with Gasteiger partial charge in [0.25, 0.3) is 0 Å². The number of thiophene rings is 1. The number of aliphatic hydroxyl groups is 2. The lowest BCUT2D eigenvalue weighted by atomic mass is 10.3. The number of aliphatic hydroxyl groups excluding tert-OH is 2. The highest BCUT2D eigenvalue weighted by molar-refractivity contribution is 7.09. The Kier molecular flexibility index (Phi) is 6.73. The second kappa shape index (κ2) is 7.81. The maximum Gasteiger partial charge on any atom is 0.415 e. The van der Waals surface area contributed by atoms with E-state index < -0.39 is 24.9 Å². The van der Waals surface area contributed by atoms with Gasteiger partial charge in [0.05, 0.1) is 19.3 Å². The number of hydrogen-bond acceptors (Lipinski definition) is 5. The van der Waals surface area contributed by atoms with Crippen molar-refractivity contribution in [2.24, 2.45) is 0 Å². The van der Waals surface area contributed by atoms with Gasteiger partial charge in [0, 0.05) is 18.0 Å². The molecule has 19 heavy (non-hydrogen) atoms. The summed E-state index contributed by atoms with van der Waals surface area (Å²) in [5, 5.41) is 22.4. The lowest BCUT2D eigenvalue weighted by Crippen LogP contribution is -2.41. The predicted molar refractivity (Wildman–Crippen MR) is 64.9 cm³/mol. The van der Waals surface area contributed by atoms with Crippen molar-refractivity contribution >= 4 is 11.3 Å². The number of nitrogens with one attached hydrogen (secondary N) is 1. The van der Waals surface area contributed by atoms with E-state index in [2.05, 4.69) is 5.32 Å².